The molecule has 2 aliphatic rings. The van der Waals surface area contributed by atoms with Crippen LogP contribution in [0.5, 0.6) is 0 Å². The molecule has 6 heteroatoms. The van der Waals surface area contributed by atoms with Crippen LogP contribution in [0.25, 0.3) is 0 Å². The van der Waals surface area contributed by atoms with E-state index in [1.165, 1.54) is 21.8 Å². The van der Waals surface area contributed by atoms with Crippen LogP contribution in [0.15, 0.2) is 24.3 Å². The highest BCUT2D eigenvalue weighted by Gasteiger charge is 2.27. The Morgan fingerprint density at radius 1 is 1.26 bits per heavy atom. The Bertz CT molecular complexity index is 946. The lowest BCUT2D eigenvalue weighted by Crippen LogP contribution is -2.14. The van der Waals surface area contributed by atoms with Gasteiger partial charge in [-0.05, 0) is 67.5 Å². The van der Waals surface area contributed by atoms with Gasteiger partial charge in [0.1, 0.15) is 4.88 Å². The van der Waals surface area contributed by atoms with Gasteiger partial charge >= 0.3 is 5.97 Å². The van der Waals surface area contributed by atoms with E-state index in [1.54, 1.807) is 25.1 Å². The monoisotopic (exact) mass is 383 g/mol. The quantitative estimate of drug-likeness (QED) is 0.640. The van der Waals surface area contributed by atoms with Crippen molar-refractivity contribution < 1.29 is 19.1 Å². The normalized spacial score (nSPS) is 20.6. The number of hydrogen-bond donors (Lipinski definition) is 1. The minimum Gasteiger partial charge on any atom is -0.453 e. The number of Topliss-reactive ketones (excluding diaryl/α,β-unsaturated/α-hetero) is 1. The first kappa shape index (κ1) is 17.9. The second kappa shape index (κ2) is 6.93. The van der Waals surface area contributed by atoms with Crippen molar-refractivity contribution in [2.24, 2.45) is 5.92 Å². The number of ether oxygens (including phenoxy) is 1. The molecule has 0 saturated carbocycles. The molecular formula is C21H21NO4S. The third-order valence-corrected chi connectivity index (χ3v) is 6.57. The summed E-state index contributed by atoms with van der Waals surface area (Å²) in [6.07, 6.45) is 3.15. The number of ketones is 1. The first-order valence-electron chi connectivity index (χ1n) is 9.19. The first-order valence-corrected chi connectivity index (χ1v) is 10.0. The fourth-order valence-corrected chi connectivity index (χ4v) is 4.78. The van der Waals surface area contributed by atoms with Gasteiger partial charge in [-0.15, -0.1) is 11.3 Å². The van der Waals surface area contributed by atoms with E-state index < -0.39 is 5.97 Å². The van der Waals surface area contributed by atoms with Crippen LogP contribution in [0.4, 0.5) is 5.69 Å². The van der Waals surface area contributed by atoms with E-state index in [1.807, 2.05) is 6.07 Å². The van der Waals surface area contributed by atoms with Crippen LogP contribution in [0.2, 0.25) is 0 Å². The topological polar surface area (TPSA) is 72.5 Å². The largest absolute Gasteiger partial charge is 0.453 e. The van der Waals surface area contributed by atoms with E-state index >= 15 is 0 Å². The van der Waals surface area contributed by atoms with E-state index in [4.69, 9.17) is 4.74 Å². The smallest absolute Gasteiger partial charge is 0.348 e. The molecule has 0 fully saturated rings. The lowest BCUT2D eigenvalue weighted by Gasteiger charge is -2.16. The molecule has 0 spiro atoms. The summed E-state index contributed by atoms with van der Waals surface area (Å²) in [5.41, 5.74) is 3.22. The van der Waals surface area contributed by atoms with E-state index in [0.717, 1.165) is 30.5 Å². The predicted molar refractivity (Wildman–Crippen MR) is 104 cm³/mol. The van der Waals surface area contributed by atoms with Crippen LogP contribution in [-0.2, 0) is 22.4 Å². The summed E-state index contributed by atoms with van der Waals surface area (Å²) in [5, 5.41) is 2.78. The molecule has 0 unspecified atom stereocenters. The molecule has 1 aliphatic carbocycles. The molecular weight excluding hydrogens is 362 g/mol. The molecule has 2 heterocycles. The Morgan fingerprint density at radius 2 is 2.07 bits per heavy atom. The molecule has 1 aromatic heterocycles. The van der Waals surface area contributed by atoms with E-state index in [-0.39, 0.29) is 24.2 Å². The molecule has 0 saturated heterocycles. The van der Waals surface area contributed by atoms with Crippen LogP contribution in [-0.4, -0.2) is 24.3 Å². The van der Waals surface area contributed by atoms with Gasteiger partial charge in [-0.1, -0.05) is 6.92 Å². The lowest BCUT2D eigenvalue weighted by atomic mass is 9.90. The summed E-state index contributed by atoms with van der Waals surface area (Å²) in [5.74, 6) is -0.428. The molecule has 0 radical (unpaired) electrons. The number of nitrogens with one attached hydrogen (secondary N) is 1. The number of aryl methyl sites for hydroxylation is 1. The molecule has 0 bridgehead atoms. The van der Waals surface area contributed by atoms with E-state index in [9.17, 15) is 14.4 Å². The van der Waals surface area contributed by atoms with Crippen LogP contribution in [0, 0.1) is 5.92 Å². The average molecular weight is 383 g/mol. The van der Waals surface area contributed by atoms with Gasteiger partial charge < -0.3 is 10.1 Å². The van der Waals surface area contributed by atoms with Crippen LogP contribution in [0.3, 0.4) is 0 Å². The van der Waals surface area contributed by atoms with Crippen LogP contribution >= 0.6 is 11.3 Å². The SMILES string of the molecule is C[C@@H]1CCc2sc(C(=O)OCC(=O)c3ccc4c(c3)[C@H](C)C(=O)N4)cc2C1. The maximum Gasteiger partial charge on any atom is 0.348 e. The molecule has 1 N–H and O–H groups in total. The molecule has 2 aromatic rings. The highest BCUT2D eigenvalue weighted by molar-refractivity contribution is 7.14. The molecule has 2 atom stereocenters. The van der Waals surface area contributed by atoms with Crippen LogP contribution in [0.1, 0.15) is 62.2 Å². The van der Waals surface area contributed by atoms with Crippen molar-refractivity contribution in [1.29, 1.82) is 0 Å². The van der Waals surface area contributed by atoms with Gasteiger partial charge in [0.05, 0.1) is 5.92 Å². The number of benzene rings is 1. The van der Waals surface area contributed by atoms with Gasteiger partial charge in [0.25, 0.3) is 0 Å². The summed E-state index contributed by atoms with van der Waals surface area (Å²) in [4.78, 5) is 38.3. The maximum absolute atomic E-state index is 12.4. The zero-order valence-electron chi connectivity index (χ0n) is 15.3. The van der Waals surface area contributed by atoms with Crippen LogP contribution < -0.4 is 5.32 Å². The number of carbonyl (C=O) groups is 3. The summed E-state index contributed by atoms with van der Waals surface area (Å²) >= 11 is 1.48. The van der Waals surface area contributed by atoms with Crippen molar-refractivity contribution in [3.8, 4) is 0 Å². The molecule has 1 aliphatic heterocycles. The molecule has 1 amide bonds. The zero-order valence-corrected chi connectivity index (χ0v) is 16.2. The van der Waals surface area contributed by atoms with Crippen molar-refractivity contribution in [3.05, 3.63) is 50.7 Å². The molecule has 4 rings (SSSR count). The molecule has 1 aromatic carbocycles. The molecule has 140 valence electrons. The summed E-state index contributed by atoms with van der Waals surface area (Å²) in [6.45, 7) is 3.72. The Morgan fingerprint density at radius 3 is 2.89 bits per heavy atom. The summed E-state index contributed by atoms with van der Waals surface area (Å²) in [6, 6.07) is 7.00. The predicted octanol–water partition coefficient (Wildman–Crippen LogP) is 3.97. The second-order valence-corrected chi connectivity index (χ2v) is 8.56. The van der Waals surface area contributed by atoms with Gasteiger partial charge in [0, 0.05) is 16.1 Å². The van der Waals surface area contributed by atoms with E-state index in [0.29, 0.717) is 16.4 Å². The van der Waals surface area contributed by atoms with Crippen molar-refractivity contribution >= 4 is 34.7 Å². The van der Waals surface area contributed by atoms with Gasteiger partial charge in [0.15, 0.2) is 12.4 Å². The lowest BCUT2D eigenvalue weighted by molar-refractivity contribution is -0.116. The molecule has 27 heavy (non-hydrogen) atoms. The Kier molecular flexibility index (Phi) is 4.60. The minimum absolute atomic E-state index is 0.0722. The van der Waals surface area contributed by atoms with Gasteiger partial charge in [0.2, 0.25) is 5.91 Å². The van der Waals surface area contributed by atoms with Gasteiger partial charge in [-0.25, -0.2) is 4.79 Å². The second-order valence-electron chi connectivity index (χ2n) is 7.42. The number of esters is 1. The number of rotatable bonds is 4. The fraction of sp³-hybridized carbons (Fsp3) is 0.381. The van der Waals surface area contributed by atoms with Gasteiger partial charge in [-0.3, -0.25) is 9.59 Å². The number of thiophene rings is 1. The number of fused-ring (bicyclic) bond motifs is 2. The maximum atomic E-state index is 12.4. The first-order chi connectivity index (χ1) is 12.9. The highest BCUT2D eigenvalue weighted by atomic mass is 32.1. The number of carbonyl (C=O) groups excluding carboxylic acids is 3. The number of hydrogen-bond acceptors (Lipinski definition) is 5. The van der Waals surface area contributed by atoms with Gasteiger partial charge in [-0.2, -0.15) is 0 Å². The minimum atomic E-state index is -0.443. The third kappa shape index (κ3) is 3.41. The van der Waals surface area contributed by atoms with Crippen molar-refractivity contribution in [3.63, 3.8) is 0 Å². The van der Waals surface area contributed by atoms with Crippen molar-refractivity contribution in [2.45, 2.75) is 39.0 Å². The average Bonchev–Trinajstić information content (AvgIpc) is 3.20. The Hall–Kier alpha value is -2.47. The van der Waals surface area contributed by atoms with E-state index in [2.05, 4.69) is 12.2 Å². The summed E-state index contributed by atoms with van der Waals surface area (Å²) < 4.78 is 5.26. The summed E-state index contributed by atoms with van der Waals surface area (Å²) in [7, 11) is 0. The highest BCUT2D eigenvalue weighted by Crippen LogP contribution is 2.34. The number of anilines is 1. The molecule has 5 nitrogen and oxygen atoms in total. The Balaban J connectivity index is 1.41. The van der Waals surface area contributed by atoms with Crippen molar-refractivity contribution in [2.75, 3.05) is 11.9 Å². The third-order valence-electron chi connectivity index (χ3n) is 5.36. The fourth-order valence-electron chi connectivity index (χ4n) is 3.68. The zero-order chi connectivity index (χ0) is 19.1. The Labute approximate surface area is 161 Å². The standard InChI is InChI=1S/C21H21NO4S/c1-11-3-6-18-14(7-11)9-19(27-18)21(25)26-10-17(23)13-4-5-16-15(8-13)12(2)20(24)22-16/h4-5,8-9,11-12H,3,6-7,10H2,1-2H3,(H,22,24)/t11-,12+/m1/s1. The van der Waals surface area contributed by atoms with Crippen molar-refractivity contribution in [1.82, 2.24) is 0 Å². The number of amides is 1.